The Labute approximate surface area is 245 Å². The monoisotopic (exact) mass is 562 g/mol. The minimum absolute atomic E-state index is 0.0182. The Balaban J connectivity index is 1.25. The van der Waals surface area contributed by atoms with E-state index in [1.54, 1.807) is 18.6 Å². The van der Waals surface area contributed by atoms with Crippen LogP contribution in [0, 0.1) is 35.9 Å². The molecule has 214 valence electrons. The van der Waals surface area contributed by atoms with Crippen LogP contribution in [0.1, 0.15) is 51.0 Å². The van der Waals surface area contributed by atoms with Crippen LogP contribution in [-0.2, 0) is 0 Å². The van der Waals surface area contributed by atoms with Crippen molar-refractivity contribution >= 4 is 27.5 Å². The third-order valence-corrected chi connectivity index (χ3v) is 10.2. The average molecular weight is 563 g/mol. The third-order valence-electron chi connectivity index (χ3n) is 10.2. The molecule has 0 radical (unpaired) electrons. The van der Waals surface area contributed by atoms with Gasteiger partial charge < -0.3 is 9.64 Å². The molecule has 2 bridgehead atoms. The number of terminal acetylenes is 1. The fourth-order valence-electron chi connectivity index (χ4n) is 8.45. The molecule has 42 heavy (non-hydrogen) atoms. The molecule has 3 unspecified atom stereocenters. The number of rotatable bonds is 5. The van der Waals surface area contributed by atoms with Gasteiger partial charge in [0.05, 0.1) is 10.9 Å². The Hall–Kier alpha value is -3.83. The number of ether oxygens (including phenoxy) is 1. The zero-order valence-corrected chi connectivity index (χ0v) is 24.0. The van der Waals surface area contributed by atoms with E-state index in [1.165, 1.54) is 25.7 Å². The molecule has 4 atom stereocenters. The quantitative estimate of drug-likeness (QED) is 0.283. The summed E-state index contributed by atoms with van der Waals surface area (Å²) in [5.74, 6) is 4.89. The van der Waals surface area contributed by atoms with Gasteiger partial charge in [0, 0.05) is 60.1 Å². The summed E-state index contributed by atoms with van der Waals surface area (Å²) in [6, 6.07) is 5.92. The predicted molar refractivity (Wildman–Crippen MR) is 162 cm³/mol. The second-order valence-corrected chi connectivity index (χ2v) is 13.1. The van der Waals surface area contributed by atoms with Gasteiger partial charge in [-0.3, -0.25) is 14.9 Å². The molecule has 4 aliphatic rings. The second kappa shape index (κ2) is 9.88. The molecule has 0 spiro atoms. The van der Waals surface area contributed by atoms with Crippen molar-refractivity contribution in [2.45, 2.75) is 51.0 Å². The van der Waals surface area contributed by atoms with Crippen molar-refractivity contribution in [1.29, 1.82) is 0 Å². The van der Waals surface area contributed by atoms with Crippen molar-refractivity contribution in [3.05, 3.63) is 48.2 Å². The van der Waals surface area contributed by atoms with E-state index in [9.17, 15) is 0 Å². The SMILES string of the molecule is C#Cc1cccc2cncc(-c3ncc4c(N5CC6CCC(C6)C5)nc(OCC56CCCN5C[C@@H](C)C6)nc4c3F)c12. The number of nitrogens with zero attached hydrogens (tertiary/aromatic N) is 6. The third kappa shape index (κ3) is 4.12. The first-order valence-electron chi connectivity index (χ1n) is 15.3. The van der Waals surface area contributed by atoms with Crippen LogP contribution >= 0.6 is 0 Å². The van der Waals surface area contributed by atoms with E-state index in [-0.39, 0.29) is 22.8 Å². The average Bonchev–Trinajstić information content (AvgIpc) is 3.65. The lowest BCUT2D eigenvalue weighted by Crippen LogP contribution is -2.43. The van der Waals surface area contributed by atoms with Crippen LogP contribution in [0.15, 0.2) is 36.8 Å². The van der Waals surface area contributed by atoms with Gasteiger partial charge in [-0.1, -0.05) is 25.0 Å². The first kappa shape index (κ1) is 25.8. The molecule has 3 aliphatic heterocycles. The first-order valence-corrected chi connectivity index (χ1v) is 15.3. The zero-order chi connectivity index (χ0) is 28.4. The fourth-order valence-corrected chi connectivity index (χ4v) is 8.45. The van der Waals surface area contributed by atoms with Crippen LogP contribution in [0.5, 0.6) is 6.01 Å². The van der Waals surface area contributed by atoms with Gasteiger partial charge in [0.1, 0.15) is 23.6 Å². The molecular formula is C34H35FN6O. The molecule has 4 aromatic rings. The molecule has 8 rings (SSSR count). The summed E-state index contributed by atoms with van der Waals surface area (Å²) in [7, 11) is 0. The van der Waals surface area contributed by atoms with Gasteiger partial charge in [0.15, 0.2) is 5.82 Å². The number of anilines is 1. The second-order valence-electron chi connectivity index (χ2n) is 13.1. The van der Waals surface area contributed by atoms with E-state index in [4.69, 9.17) is 21.1 Å². The summed E-state index contributed by atoms with van der Waals surface area (Å²) in [5.41, 5.74) is 1.66. The smallest absolute Gasteiger partial charge is 0.319 e. The molecule has 7 nitrogen and oxygen atoms in total. The van der Waals surface area contributed by atoms with E-state index >= 15 is 4.39 Å². The van der Waals surface area contributed by atoms with E-state index in [1.807, 2.05) is 18.2 Å². The Kier molecular flexibility index (Phi) is 6.08. The van der Waals surface area contributed by atoms with Gasteiger partial charge >= 0.3 is 6.01 Å². The Bertz CT molecular complexity index is 1730. The predicted octanol–water partition coefficient (Wildman–Crippen LogP) is 5.85. The minimum atomic E-state index is -0.503. The van der Waals surface area contributed by atoms with Crippen molar-refractivity contribution in [3.63, 3.8) is 0 Å². The maximum atomic E-state index is 16.7. The van der Waals surface area contributed by atoms with E-state index in [2.05, 4.69) is 32.6 Å². The molecule has 1 aliphatic carbocycles. The van der Waals surface area contributed by atoms with Crippen molar-refractivity contribution in [2.24, 2.45) is 17.8 Å². The molecule has 1 saturated carbocycles. The lowest BCUT2D eigenvalue weighted by Gasteiger charge is -2.34. The van der Waals surface area contributed by atoms with Gasteiger partial charge in [-0.2, -0.15) is 9.97 Å². The molecule has 0 N–H and O–H groups in total. The van der Waals surface area contributed by atoms with Crippen molar-refractivity contribution < 1.29 is 9.13 Å². The summed E-state index contributed by atoms with van der Waals surface area (Å²) in [4.78, 5) is 23.6. The van der Waals surface area contributed by atoms with Crippen LogP contribution in [0.2, 0.25) is 0 Å². The molecule has 8 heteroatoms. The van der Waals surface area contributed by atoms with E-state index in [0.717, 1.165) is 55.6 Å². The lowest BCUT2D eigenvalue weighted by atomic mass is 9.92. The first-order chi connectivity index (χ1) is 20.5. The summed E-state index contributed by atoms with van der Waals surface area (Å²) in [5, 5.41) is 2.21. The summed E-state index contributed by atoms with van der Waals surface area (Å²) in [6.45, 7) is 6.88. The molecular weight excluding hydrogens is 527 g/mol. The number of fused-ring (bicyclic) bond motifs is 5. The Morgan fingerprint density at radius 2 is 1.98 bits per heavy atom. The number of halogens is 1. The highest BCUT2D eigenvalue weighted by molar-refractivity contribution is 6.01. The van der Waals surface area contributed by atoms with Crippen LogP contribution in [0.4, 0.5) is 10.2 Å². The summed E-state index contributed by atoms with van der Waals surface area (Å²) >= 11 is 0. The van der Waals surface area contributed by atoms with Gasteiger partial charge in [0.2, 0.25) is 0 Å². The van der Waals surface area contributed by atoms with Gasteiger partial charge in [0.25, 0.3) is 0 Å². The number of benzene rings is 1. The van der Waals surface area contributed by atoms with Crippen LogP contribution in [0.3, 0.4) is 0 Å². The van der Waals surface area contributed by atoms with Crippen LogP contribution < -0.4 is 9.64 Å². The largest absolute Gasteiger partial charge is 0.461 e. The number of pyridine rings is 2. The van der Waals surface area contributed by atoms with Crippen LogP contribution in [-0.4, -0.2) is 63.2 Å². The summed E-state index contributed by atoms with van der Waals surface area (Å²) < 4.78 is 23.1. The lowest BCUT2D eigenvalue weighted by molar-refractivity contribution is 0.107. The number of hydrogen-bond acceptors (Lipinski definition) is 7. The number of aromatic nitrogens is 4. The van der Waals surface area contributed by atoms with E-state index < -0.39 is 5.82 Å². The fraction of sp³-hybridized carbons (Fsp3) is 0.471. The van der Waals surface area contributed by atoms with Gasteiger partial charge in [-0.25, -0.2) is 4.39 Å². The van der Waals surface area contributed by atoms with Crippen molar-refractivity contribution in [1.82, 2.24) is 24.8 Å². The number of hydrogen-bond donors (Lipinski definition) is 0. The van der Waals surface area contributed by atoms with Gasteiger partial charge in [-0.15, -0.1) is 6.42 Å². The van der Waals surface area contributed by atoms with E-state index in [0.29, 0.717) is 40.9 Å². The van der Waals surface area contributed by atoms with Gasteiger partial charge in [-0.05, 0) is 68.9 Å². The maximum Gasteiger partial charge on any atom is 0.319 e. The molecule has 0 amide bonds. The van der Waals surface area contributed by atoms with Crippen LogP contribution in [0.25, 0.3) is 32.9 Å². The molecule has 6 heterocycles. The standard InChI is InChI=1S/C34H35FN6O/c1-3-24-6-4-7-25-14-36-15-26(28(24)25)30-29(35)31-27(16-37-30)32(40-18-22-8-9-23(12-22)19-40)39-33(38-31)42-20-34-10-5-11-41(34)17-21(2)13-34/h1,4,6-7,14-16,21-23H,5,8-13,17-20H2,2H3/t21-,22?,23?,34?/m0/s1. The maximum absolute atomic E-state index is 16.7. The summed E-state index contributed by atoms with van der Waals surface area (Å²) in [6.07, 6.45) is 18.1. The zero-order valence-electron chi connectivity index (χ0n) is 24.0. The Morgan fingerprint density at radius 3 is 2.81 bits per heavy atom. The van der Waals surface area contributed by atoms with Crippen molar-refractivity contribution in [2.75, 3.05) is 37.7 Å². The number of piperidine rings is 1. The minimum Gasteiger partial charge on any atom is -0.461 e. The Morgan fingerprint density at radius 1 is 1.12 bits per heavy atom. The molecule has 1 aromatic carbocycles. The van der Waals surface area contributed by atoms with Crippen molar-refractivity contribution in [3.8, 4) is 29.6 Å². The molecule has 3 saturated heterocycles. The topological polar surface area (TPSA) is 67.3 Å². The molecule has 3 aromatic heterocycles. The molecule has 4 fully saturated rings. The normalized spacial score (nSPS) is 27.1. The highest BCUT2D eigenvalue weighted by Gasteiger charge is 2.48. The highest BCUT2D eigenvalue weighted by Crippen LogP contribution is 2.43. The highest BCUT2D eigenvalue weighted by atomic mass is 19.1.